The number of carbonyl (C=O) groups excluding carboxylic acids is 2. The second-order valence-corrected chi connectivity index (χ2v) is 12.7. The van der Waals surface area contributed by atoms with Crippen LogP contribution in [0.2, 0.25) is 0 Å². The number of alkyl halides is 10. The Kier molecular flexibility index (Phi) is 9.52. The Hall–Kier alpha value is -1.89. The van der Waals surface area contributed by atoms with E-state index < -0.39 is 95.7 Å². The highest BCUT2D eigenvalue weighted by Gasteiger charge is 2.70. The van der Waals surface area contributed by atoms with Gasteiger partial charge in [0.15, 0.2) is 0 Å². The zero-order chi connectivity index (χ0) is 32.0. The van der Waals surface area contributed by atoms with Gasteiger partial charge < -0.3 is 14.2 Å². The molecule has 4 aliphatic rings. The van der Waals surface area contributed by atoms with Gasteiger partial charge in [-0.25, -0.2) is 4.79 Å². The number of carbonyl (C=O) groups is 2. The highest BCUT2D eigenvalue weighted by molar-refractivity contribution is 7.87. The minimum Gasteiger partial charge on any atom is -0.460 e. The zero-order valence-electron chi connectivity index (χ0n) is 21.7. The van der Waals surface area contributed by atoms with Gasteiger partial charge in [0, 0.05) is 6.42 Å². The molecule has 4 saturated carbocycles. The highest BCUT2D eigenvalue weighted by Crippen LogP contribution is 2.61. The lowest BCUT2D eigenvalue weighted by Crippen LogP contribution is -2.61. The topological polar surface area (TPSA) is 116 Å². The molecule has 0 aromatic carbocycles. The summed E-state index contributed by atoms with van der Waals surface area (Å²) in [5, 5.41) is -5.94. The molecular formula is C23H28F10O8S. The van der Waals surface area contributed by atoms with E-state index in [4.69, 9.17) is 4.55 Å². The Balaban J connectivity index is 1.79. The van der Waals surface area contributed by atoms with Crippen LogP contribution < -0.4 is 0 Å². The first-order valence-corrected chi connectivity index (χ1v) is 14.3. The van der Waals surface area contributed by atoms with Crippen molar-refractivity contribution in [2.45, 2.75) is 93.5 Å². The van der Waals surface area contributed by atoms with Gasteiger partial charge in [-0.2, -0.15) is 52.3 Å². The second kappa shape index (κ2) is 11.6. The molecular weight excluding hydrogens is 626 g/mol. The molecule has 4 rings (SSSR count). The molecule has 1 atom stereocenters. The summed E-state index contributed by atoms with van der Waals surface area (Å²) in [5.74, 6) is -14.0. The Morgan fingerprint density at radius 2 is 1.29 bits per heavy atom. The number of unbranched alkanes of at least 4 members (excludes halogenated alkanes) is 1. The first-order valence-electron chi connectivity index (χ1n) is 12.9. The predicted octanol–water partition coefficient (Wildman–Crippen LogP) is 5.80. The van der Waals surface area contributed by atoms with Crippen LogP contribution in [-0.2, 0) is 33.9 Å². The average molecular weight is 655 g/mol. The van der Waals surface area contributed by atoms with Crippen molar-refractivity contribution in [2.24, 2.45) is 23.2 Å². The SMILES string of the molecule is O=C(OC(OCCCCC(F)(F)C(F)(F)S(=O)(=O)O)(C(=O)OCCC(F)(F)F)C(F)(F)F)C12CC3CC(CC(C3)C1)C2. The summed E-state index contributed by atoms with van der Waals surface area (Å²) in [5.41, 5.74) is -1.43. The molecule has 0 aliphatic heterocycles. The molecule has 0 saturated heterocycles. The average Bonchev–Trinajstić information content (AvgIpc) is 2.79. The third-order valence-corrected chi connectivity index (χ3v) is 8.86. The first kappa shape index (κ1) is 34.6. The third-order valence-electron chi connectivity index (χ3n) is 7.91. The fourth-order valence-electron chi connectivity index (χ4n) is 6.34. The Bertz CT molecular complexity index is 1090. The van der Waals surface area contributed by atoms with E-state index in [1.165, 1.54) is 0 Å². The maximum atomic E-state index is 14.4. The van der Waals surface area contributed by atoms with Gasteiger partial charge in [-0.1, -0.05) is 0 Å². The number of ether oxygens (including phenoxy) is 3. The molecule has 4 aliphatic carbocycles. The Morgan fingerprint density at radius 3 is 1.71 bits per heavy atom. The van der Waals surface area contributed by atoms with Gasteiger partial charge in [0.1, 0.15) is 6.61 Å². The molecule has 0 aromatic heterocycles. The van der Waals surface area contributed by atoms with E-state index in [0.29, 0.717) is 0 Å². The molecule has 4 fully saturated rings. The van der Waals surface area contributed by atoms with Crippen molar-refractivity contribution in [1.29, 1.82) is 0 Å². The number of rotatable bonds is 13. The summed E-state index contributed by atoms with van der Waals surface area (Å²) < 4.78 is 178. The number of hydrogen-bond acceptors (Lipinski definition) is 7. The molecule has 8 nitrogen and oxygen atoms in total. The lowest BCUT2D eigenvalue weighted by atomic mass is 9.49. The lowest BCUT2D eigenvalue weighted by Gasteiger charge is -2.55. The van der Waals surface area contributed by atoms with E-state index in [-0.39, 0.29) is 37.0 Å². The maximum Gasteiger partial charge on any atom is 0.468 e. The van der Waals surface area contributed by atoms with Crippen LogP contribution in [0.15, 0.2) is 0 Å². The van der Waals surface area contributed by atoms with Gasteiger partial charge in [-0.05, 0) is 69.1 Å². The van der Waals surface area contributed by atoms with Crippen LogP contribution in [0.5, 0.6) is 0 Å². The van der Waals surface area contributed by atoms with E-state index in [1.807, 2.05) is 0 Å². The van der Waals surface area contributed by atoms with Crippen LogP contribution in [0.4, 0.5) is 43.9 Å². The van der Waals surface area contributed by atoms with Crippen molar-refractivity contribution in [2.75, 3.05) is 13.2 Å². The monoisotopic (exact) mass is 654 g/mol. The van der Waals surface area contributed by atoms with Crippen molar-refractivity contribution in [1.82, 2.24) is 0 Å². The molecule has 19 heteroatoms. The Morgan fingerprint density at radius 1 is 0.786 bits per heavy atom. The molecule has 0 radical (unpaired) electrons. The highest BCUT2D eigenvalue weighted by atomic mass is 32.2. The van der Waals surface area contributed by atoms with E-state index in [2.05, 4.69) is 14.2 Å². The Labute approximate surface area is 233 Å². The van der Waals surface area contributed by atoms with Crippen molar-refractivity contribution in [3.63, 3.8) is 0 Å². The van der Waals surface area contributed by atoms with Crippen molar-refractivity contribution in [3.05, 3.63) is 0 Å². The summed E-state index contributed by atoms with van der Waals surface area (Å²) >= 11 is 0. The normalized spacial score (nSPS) is 27.9. The summed E-state index contributed by atoms with van der Waals surface area (Å²) in [6.07, 6.45) is -14.2. The molecule has 0 heterocycles. The lowest BCUT2D eigenvalue weighted by molar-refractivity contribution is -0.359. The van der Waals surface area contributed by atoms with Gasteiger partial charge >= 0.3 is 51.4 Å². The summed E-state index contributed by atoms with van der Waals surface area (Å²) in [6.45, 7) is -3.01. The van der Waals surface area contributed by atoms with E-state index >= 15 is 0 Å². The molecule has 4 bridgehead atoms. The first-order chi connectivity index (χ1) is 18.9. The van der Waals surface area contributed by atoms with E-state index in [9.17, 15) is 61.9 Å². The van der Waals surface area contributed by atoms with Gasteiger partial charge in [0.25, 0.3) is 0 Å². The molecule has 244 valence electrons. The summed E-state index contributed by atoms with van der Waals surface area (Å²) in [6, 6.07) is 0. The fraction of sp³-hybridized carbons (Fsp3) is 0.913. The smallest absolute Gasteiger partial charge is 0.460 e. The number of halogens is 10. The van der Waals surface area contributed by atoms with Crippen molar-refractivity contribution in [3.8, 4) is 0 Å². The van der Waals surface area contributed by atoms with Crippen LogP contribution in [0.1, 0.15) is 64.2 Å². The van der Waals surface area contributed by atoms with E-state index in [0.717, 1.165) is 19.3 Å². The molecule has 42 heavy (non-hydrogen) atoms. The van der Waals surface area contributed by atoms with E-state index in [1.54, 1.807) is 0 Å². The molecule has 0 spiro atoms. The second-order valence-electron chi connectivity index (χ2n) is 11.2. The fourth-order valence-corrected chi connectivity index (χ4v) is 6.82. The molecule has 0 aromatic rings. The predicted molar refractivity (Wildman–Crippen MR) is 118 cm³/mol. The van der Waals surface area contributed by atoms with Crippen molar-refractivity contribution < 1.29 is 80.7 Å². The zero-order valence-corrected chi connectivity index (χ0v) is 22.5. The molecule has 0 amide bonds. The summed E-state index contributed by atoms with van der Waals surface area (Å²) in [7, 11) is -6.57. The van der Waals surface area contributed by atoms with Crippen LogP contribution in [0.25, 0.3) is 0 Å². The summed E-state index contributed by atoms with van der Waals surface area (Å²) in [4.78, 5) is 25.9. The minimum absolute atomic E-state index is 0.00581. The quantitative estimate of drug-likeness (QED) is 0.0871. The van der Waals surface area contributed by atoms with Crippen LogP contribution >= 0.6 is 0 Å². The van der Waals surface area contributed by atoms with Crippen LogP contribution in [-0.4, -0.2) is 67.4 Å². The van der Waals surface area contributed by atoms with Crippen LogP contribution in [0.3, 0.4) is 0 Å². The molecule has 1 N–H and O–H groups in total. The standard InChI is InChI=1S/C23H28F10O8S/c24-19(25,23(32,33)42(36,37)38)3-1-2-5-40-21(22(29,30)31,17(35)39-6-4-20(26,27)28)41-16(34)18-10-13-7-14(11-18)9-15(8-13)12-18/h13-15H,1-12H2,(H,36,37,38). The number of hydrogen-bond donors (Lipinski definition) is 1. The van der Waals surface area contributed by atoms with Gasteiger partial charge in [-0.3, -0.25) is 9.35 Å². The number of esters is 2. The van der Waals surface area contributed by atoms with Gasteiger partial charge in [0.2, 0.25) is 0 Å². The minimum atomic E-state index is -6.57. The van der Waals surface area contributed by atoms with Crippen LogP contribution in [0, 0.1) is 23.2 Å². The third kappa shape index (κ3) is 7.08. The largest absolute Gasteiger partial charge is 0.468 e. The van der Waals surface area contributed by atoms with Gasteiger partial charge in [-0.15, -0.1) is 0 Å². The molecule has 1 unspecified atom stereocenters. The van der Waals surface area contributed by atoms with Gasteiger partial charge in [0.05, 0.1) is 18.4 Å². The van der Waals surface area contributed by atoms with Crippen molar-refractivity contribution >= 4 is 22.1 Å². The maximum absolute atomic E-state index is 14.4.